The van der Waals surface area contributed by atoms with Gasteiger partial charge in [-0.15, -0.1) is 0 Å². The zero-order valence-corrected chi connectivity index (χ0v) is 12.2. The van der Waals surface area contributed by atoms with Gasteiger partial charge in [-0.3, -0.25) is 9.69 Å². The smallest absolute Gasteiger partial charge is 0.412 e. The molecule has 0 aliphatic carbocycles. The summed E-state index contributed by atoms with van der Waals surface area (Å²) < 4.78 is 0. The van der Waals surface area contributed by atoms with E-state index < -0.39 is 12.1 Å². The maximum absolute atomic E-state index is 12.8. The molecule has 2 amide bonds. The highest BCUT2D eigenvalue weighted by atomic mass is 16.4. The SMILES string of the molecule is C[C@H]1CCCN(C(=O)[C@H]2Cc3ccccc3N2C(=O)O)C1. The number of nitrogens with zero attached hydrogens (tertiary/aromatic N) is 2. The Kier molecular flexibility index (Phi) is 3.57. The van der Waals surface area contributed by atoms with Crippen molar-refractivity contribution in [2.45, 2.75) is 32.2 Å². The molecule has 2 atom stereocenters. The molecule has 2 aliphatic heterocycles. The fourth-order valence-corrected chi connectivity index (χ4v) is 3.42. The van der Waals surface area contributed by atoms with E-state index >= 15 is 0 Å². The molecule has 112 valence electrons. The zero-order chi connectivity index (χ0) is 15.0. The maximum Gasteiger partial charge on any atom is 0.412 e. The number of carbonyl (C=O) groups is 2. The molecular weight excluding hydrogens is 268 g/mol. The lowest BCUT2D eigenvalue weighted by molar-refractivity contribution is -0.134. The number of hydrogen-bond acceptors (Lipinski definition) is 2. The van der Waals surface area contributed by atoms with E-state index in [0.29, 0.717) is 18.0 Å². The summed E-state index contributed by atoms with van der Waals surface area (Å²) in [5.41, 5.74) is 1.58. The molecule has 0 radical (unpaired) electrons. The molecule has 2 heterocycles. The van der Waals surface area contributed by atoms with Gasteiger partial charge in [-0.1, -0.05) is 25.1 Å². The van der Waals surface area contributed by atoms with Crippen molar-refractivity contribution in [1.29, 1.82) is 0 Å². The predicted octanol–water partition coefficient (Wildman–Crippen LogP) is 2.35. The van der Waals surface area contributed by atoms with Crippen molar-refractivity contribution in [2.75, 3.05) is 18.0 Å². The molecule has 1 fully saturated rings. The average Bonchev–Trinajstić information content (AvgIpc) is 2.85. The van der Waals surface area contributed by atoms with Crippen molar-refractivity contribution in [3.05, 3.63) is 29.8 Å². The fourth-order valence-electron chi connectivity index (χ4n) is 3.42. The number of fused-ring (bicyclic) bond motifs is 1. The van der Waals surface area contributed by atoms with Crippen LogP contribution in [0.25, 0.3) is 0 Å². The Balaban J connectivity index is 1.85. The first kappa shape index (κ1) is 13.9. The van der Waals surface area contributed by atoms with Crippen molar-refractivity contribution >= 4 is 17.7 Å². The third-order valence-electron chi connectivity index (χ3n) is 4.44. The van der Waals surface area contributed by atoms with Crippen molar-refractivity contribution in [3.63, 3.8) is 0 Å². The number of benzene rings is 1. The maximum atomic E-state index is 12.8. The second-order valence-electron chi connectivity index (χ2n) is 6.03. The van der Waals surface area contributed by atoms with Gasteiger partial charge in [-0.2, -0.15) is 0 Å². The molecule has 5 nitrogen and oxygen atoms in total. The molecule has 0 spiro atoms. The van der Waals surface area contributed by atoms with Crippen LogP contribution >= 0.6 is 0 Å². The summed E-state index contributed by atoms with van der Waals surface area (Å²) in [6, 6.07) is 6.76. The van der Waals surface area contributed by atoms with Crippen LogP contribution in [0, 0.1) is 5.92 Å². The molecule has 1 N–H and O–H groups in total. The van der Waals surface area contributed by atoms with Crippen LogP contribution in [0.1, 0.15) is 25.3 Å². The summed E-state index contributed by atoms with van der Waals surface area (Å²) in [5.74, 6) is 0.435. The van der Waals surface area contributed by atoms with Crippen LogP contribution in [-0.4, -0.2) is 41.1 Å². The number of hydrogen-bond donors (Lipinski definition) is 1. The zero-order valence-electron chi connectivity index (χ0n) is 12.2. The van der Waals surface area contributed by atoms with Gasteiger partial charge in [0.05, 0.1) is 5.69 Å². The van der Waals surface area contributed by atoms with Crippen molar-refractivity contribution in [1.82, 2.24) is 4.90 Å². The first-order chi connectivity index (χ1) is 10.1. The molecule has 21 heavy (non-hydrogen) atoms. The Bertz CT molecular complexity index is 572. The second-order valence-corrected chi connectivity index (χ2v) is 6.03. The minimum absolute atomic E-state index is 0.0554. The van der Waals surface area contributed by atoms with E-state index in [4.69, 9.17) is 0 Å². The van der Waals surface area contributed by atoms with E-state index in [1.54, 1.807) is 6.07 Å². The Morgan fingerprint density at radius 3 is 2.76 bits per heavy atom. The number of carbonyl (C=O) groups excluding carboxylic acids is 1. The average molecular weight is 288 g/mol. The number of amides is 2. The van der Waals surface area contributed by atoms with Crippen LogP contribution in [0.5, 0.6) is 0 Å². The van der Waals surface area contributed by atoms with Gasteiger partial charge in [-0.05, 0) is 30.4 Å². The largest absolute Gasteiger partial charge is 0.465 e. The summed E-state index contributed by atoms with van der Waals surface area (Å²) in [6.45, 7) is 3.61. The van der Waals surface area contributed by atoms with Gasteiger partial charge in [0.15, 0.2) is 0 Å². The van der Waals surface area contributed by atoms with Crippen LogP contribution in [0.3, 0.4) is 0 Å². The molecule has 5 heteroatoms. The quantitative estimate of drug-likeness (QED) is 0.863. The summed E-state index contributed by atoms with van der Waals surface area (Å²) in [5, 5.41) is 9.48. The van der Waals surface area contributed by atoms with Crippen LogP contribution < -0.4 is 4.90 Å². The fraction of sp³-hybridized carbons (Fsp3) is 0.500. The molecule has 2 aliphatic rings. The summed E-state index contributed by atoms with van der Waals surface area (Å²) in [4.78, 5) is 27.4. The van der Waals surface area contributed by atoms with Gasteiger partial charge in [-0.25, -0.2) is 4.79 Å². The van der Waals surface area contributed by atoms with Crippen molar-refractivity contribution in [2.24, 2.45) is 5.92 Å². The molecule has 0 bridgehead atoms. The van der Waals surface area contributed by atoms with Crippen molar-refractivity contribution in [3.8, 4) is 0 Å². The van der Waals surface area contributed by atoms with Gasteiger partial charge in [0.2, 0.25) is 5.91 Å². The highest BCUT2D eigenvalue weighted by Gasteiger charge is 2.40. The highest BCUT2D eigenvalue weighted by molar-refractivity contribution is 5.99. The van der Waals surface area contributed by atoms with Crippen LogP contribution in [-0.2, 0) is 11.2 Å². The van der Waals surface area contributed by atoms with E-state index in [1.165, 1.54) is 4.90 Å². The number of rotatable bonds is 1. The van der Waals surface area contributed by atoms with E-state index in [1.807, 2.05) is 23.1 Å². The molecule has 1 saturated heterocycles. The lowest BCUT2D eigenvalue weighted by Crippen LogP contribution is -2.51. The topological polar surface area (TPSA) is 60.9 Å². The first-order valence-corrected chi connectivity index (χ1v) is 7.47. The van der Waals surface area contributed by atoms with Gasteiger partial charge in [0.25, 0.3) is 0 Å². The number of carboxylic acid groups (broad SMARTS) is 1. The Labute approximate surface area is 124 Å². The normalized spacial score (nSPS) is 24.8. The molecule has 0 saturated carbocycles. The number of likely N-dealkylation sites (tertiary alicyclic amines) is 1. The molecule has 1 aromatic rings. The van der Waals surface area contributed by atoms with E-state index in [0.717, 1.165) is 31.5 Å². The third-order valence-corrected chi connectivity index (χ3v) is 4.44. The number of para-hydroxylation sites is 1. The monoisotopic (exact) mass is 288 g/mol. The number of anilines is 1. The molecular formula is C16H20N2O3. The first-order valence-electron chi connectivity index (χ1n) is 7.47. The Morgan fingerprint density at radius 2 is 2.05 bits per heavy atom. The minimum Gasteiger partial charge on any atom is -0.465 e. The standard InChI is InChI=1S/C16H20N2O3/c1-11-5-4-8-17(10-11)15(19)14-9-12-6-2-3-7-13(12)18(14)16(20)21/h2-3,6-7,11,14H,4-5,8-10H2,1H3,(H,20,21)/t11-,14+/m0/s1. The third kappa shape index (κ3) is 2.48. The summed E-state index contributed by atoms with van der Waals surface area (Å²) >= 11 is 0. The summed E-state index contributed by atoms with van der Waals surface area (Å²) in [6.07, 6.45) is 1.56. The molecule has 0 unspecified atom stereocenters. The van der Waals surface area contributed by atoms with E-state index in [9.17, 15) is 14.7 Å². The van der Waals surface area contributed by atoms with Gasteiger partial charge >= 0.3 is 6.09 Å². The lowest BCUT2D eigenvalue weighted by Gasteiger charge is -2.34. The minimum atomic E-state index is -1.05. The lowest BCUT2D eigenvalue weighted by atomic mass is 9.99. The summed E-state index contributed by atoms with van der Waals surface area (Å²) in [7, 11) is 0. The van der Waals surface area contributed by atoms with Gasteiger partial charge in [0, 0.05) is 19.5 Å². The van der Waals surface area contributed by atoms with Crippen LogP contribution in [0.4, 0.5) is 10.5 Å². The van der Waals surface area contributed by atoms with E-state index in [2.05, 4.69) is 6.92 Å². The molecule has 3 rings (SSSR count). The van der Waals surface area contributed by atoms with Gasteiger partial charge < -0.3 is 10.0 Å². The van der Waals surface area contributed by atoms with Gasteiger partial charge in [0.1, 0.15) is 6.04 Å². The van der Waals surface area contributed by atoms with Crippen LogP contribution in [0.15, 0.2) is 24.3 Å². The predicted molar refractivity (Wildman–Crippen MR) is 79.4 cm³/mol. The molecule has 1 aromatic carbocycles. The molecule has 0 aromatic heterocycles. The Hall–Kier alpha value is -2.04. The van der Waals surface area contributed by atoms with Crippen molar-refractivity contribution < 1.29 is 14.7 Å². The Morgan fingerprint density at radius 1 is 1.29 bits per heavy atom. The highest BCUT2D eigenvalue weighted by Crippen LogP contribution is 2.33. The number of piperidine rings is 1. The van der Waals surface area contributed by atoms with Crippen LogP contribution in [0.2, 0.25) is 0 Å². The van der Waals surface area contributed by atoms with E-state index in [-0.39, 0.29) is 5.91 Å². The second kappa shape index (κ2) is 5.39.